The number of nitrogens with zero attached hydrogens (tertiary/aromatic N) is 3. The highest BCUT2D eigenvalue weighted by Gasteiger charge is 2.40. The van der Waals surface area contributed by atoms with E-state index in [1.165, 1.54) is 25.9 Å². The molecular formula is C13H21N3O. The Hall–Kier alpha value is -0.900. The predicted octanol–water partition coefficient (Wildman–Crippen LogP) is 2.42. The fourth-order valence-corrected chi connectivity index (χ4v) is 2.98. The second kappa shape index (κ2) is 4.41. The standard InChI is InChI=1S/C13H21N3O/c1-9(2)3-4-12-14-13(17-15-12)11-7-10-5-6-16(11)8-10/h9-11H,3-8H2,1-2H3. The van der Waals surface area contributed by atoms with Crippen LogP contribution in [0.1, 0.15) is 50.9 Å². The number of rotatable bonds is 4. The summed E-state index contributed by atoms with van der Waals surface area (Å²) >= 11 is 0. The Balaban J connectivity index is 1.64. The summed E-state index contributed by atoms with van der Waals surface area (Å²) in [6.07, 6.45) is 4.64. The zero-order chi connectivity index (χ0) is 11.8. The zero-order valence-corrected chi connectivity index (χ0v) is 10.7. The highest BCUT2D eigenvalue weighted by Crippen LogP contribution is 2.41. The topological polar surface area (TPSA) is 42.2 Å². The minimum Gasteiger partial charge on any atom is -0.338 e. The Morgan fingerprint density at radius 3 is 3.00 bits per heavy atom. The molecule has 17 heavy (non-hydrogen) atoms. The van der Waals surface area contributed by atoms with Crippen molar-refractivity contribution in [2.24, 2.45) is 11.8 Å². The normalized spacial score (nSPS) is 31.6. The lowest BCUT2D eigenvalue weighted by Gasteiger charge is -2.20. The number of hydrogen-bond acceptors (Lipinski definition) is 4. The second-order valence-electron chi connectivity index (χ2n) is 5.88. The van der Waals surface area contributed by atoms with Crippen molar-refractivity contribution in [3.63, 3.8) is 0 Å². The summed E-state index contributed by atoms with van der Waals surface area (Å²) in [7, 11) is 0. The Labute approximate surface area is 102 Å². The molecule has 0 aromatic carbocycles. The summed E-state index contributed by atoms with van der Waals surface area (Å²) in [5.41, 5.74) is 0. The van der Waals surface area contributed by atoms with E-state index in [-0.39, 0.29) is 0 Å². The Morgan fingerprint density at radius 1 is 1.47 bits per heavy atom. The lowest BCUT2D eigenvalue weighted by atomic mass is 10.0. The van der Waals surface area contributed by atoms with E-state index >= 15 is 0 Å². The molecule has 4 nitrogen and oxygen atoms in total. The molecule has 3 rings (SSSR count). The maximum absolute atomic E-state index is 5.43. The van der Waals surface area contributed by atoms with Crippen LogP contribution in [0.2, 0.25) is 0 Å². The Kier molecular flexibility index (Phi) is 2.90. The van der Waals surface area contributed by atoms with Crippen LogP contribution < -0.4 is 0 Å². The molecule has 0 radical (unpaired) electrons. The van der Waals surface area contributed by atoms with Gasteiger partial charge in [0, 0.05) is 13.0 Å². The summed E-state index contributed by atoms with van der Waals surface area (Å²) in [5, 5.41) is 4.10. The summed E-state index contributed by atoms with van der Waals surface area (Å²) in [6.45, 7) is 6.89. The molecule has 1 aromatic heterocycles. The second-order valence-corrected chi connectivity index (χ2v) is 5.88. The van der Waals surface area contributed by atoms with Gasteiger partial charge in [0.15, 0.2) is 5.82 Å². The third-order valence-corrected chi connectivity index (χ3v) is 4.03. The molecule has 0 amide bonds. The number of aromatic nitrogens is 2. The van der Waals surface area contributed by atoms with Gasteiger partial charge >= 0.3 is 0 Å². The molecule has 3 unspecified atom stereocenters. The highest BCUT2D eigenvalue weighted by molar-refractivity contribution is 5.01. The summed E-state index contributed by atoms with van der Waals surface area (Å²) < 4.78 is 5.43. The lowest BCUT2D eigenvalue weighted by Crippen LogP contribution is -2.22. The molecule has 0 saturated carbocycles. The molecule has 2 aliphatic rings. The first-order valence-electron chi connectivity index (χ1n) is 6.79. The molecular weight excluding hydrogens is 214 g/mol. The van der Waals surface area contributed by atoms with Crippen LogP contribution in [0.25, 0.3) is 0 Å². The van der Waals surface area contributed by atoms with Crippen molar-refractivity contribution in [2.45, 2.75) is 45.6 Å². The van der Waals surface area contributed by atoms with Crippen LogP contribution in [-0.2, 0) is 6.42 Å². The number of fused-ring (bicyclic) bond motifs is 2. The molecule has 4 heteroatoms. The van der Waals surface area contributed by atoms with E-state index in [0.717, 1.165) is 30.5 Å². The van der Waals surface area contributed by atoms with Gasteiger partial charge < -0.3 is 4.52 Å². The lowest BCUT2D eigenvalue weighted by molar-refractivity contribution is 0.209. The minimum atomic E-state index is 0.411. The maximum Gasteiger partial charge on any atom is 0.244 e. The first-order chi connectivity index (χ1) is 8.22. The molecule has 0 aliphatic carbocycles. The van der Waals surface area contributed by atoms with Gasteiger partial charge in [-0.1, -0.05) is 19.0 Å². The van der Waals surface area contributed by atoms with E-state index in [1.54, 1.807) is 0 Å². The molecule has 3 heterocycles. The monoisotopic (exact) mass is 235 g/mol. The van der Waals surface area contributed by atoms with Crippen LogP contribution in [0.15, 0.2) is 4.52 Å². The summed E-state index contributed by atoms with van der Waals surface area (Å²) in [6, 6.07) is 0.411. The van der Waals surface area contributed by atoms with Crippen LogP contribution in [0.3, 0.4) is 0 Å². The summed E-state index contributed by atoms with van der Waals surface area (Å²) in [4.78, 5) is 7.05. The molecule has 2 saturated heterocycles. The first-order valence-corrected chi connectivity index (χ1v) is 6.79. The van der Waals surface area contributed by atoms with Crippen molar-refractivity contribution in [3.05, 3.63) is 11.7 Å². The first kappa shape index (κ1) is 11.2. The van der Waals surface area contributed by atoms with Gasteiger partial charge in [0.05, 0.1) is 6.04 Å². The SMILES string of the molecule is CC(C)CCc1noc(C2CC3CCN2C3)n1. The van der Waals surface area contributed by atoms with E-state index in [0.29, 0.717) is 12.0 Å². The van der Waals surface area contributed by atoms with E-state index in [1.807, 2.05) is 0 Å². The van der Waals surface area contributed by atoms with Crippen LogP contribution in [0.5, 0.6) is 0 Å². The van der Waals surface area contributed by atoms with Gasteiger partial charge in [-0.3, -0.25) is 4.90 Å². The van der Waals surface area contributed by atoms with Crippen LogP contribution in [0.4, 0.5) is 0 Å². The van der Waals surface area contributed by atoms with E-state index in [9.17, 15) is 0 Å². The van der Waals surface area contributed by atoms with Gasteiger partial charge in [0.2, 0.25) is 5.89 Å². The molecule has 94 valence electrons. The molecule has 0 spiro atoms. The zero-order valence-electron chi connectivity index (χ0n) is 10.7. The van der Waals surface area contributed by atoms with Crippen molar-refractivity contribution in [1.29, 1.82) is 0 Å². The maximum atomic E-state index is 5.43. The molecule has 2 fully saturated rings. The van der Waals surface area contributed by atoms with Gasteiger partial charge in [-0.2, -0.15) is 4.98 Å². The highest BCUT2D eigenvalue weighted by atomic mass is 16.5. The molecule has 3 atom stereocenters. The van der Waals surface area contributed by atoms with Crippen molar-refractivity contribution in [1.82, 2.24) is 15.0 Å². The van der Waals surface area contributed by atoms with E-state index < -0.39 is 0 Å². The quantitative estimate of drug-likeness (QED) is 0.803. The number of piperidine rings is 1. The fourth-order valence-electron chi connectivity index (χ4n) is 2.98. The van der Waals surface area contributed by atoms with Crippen molar-refractivity contribution >= 4 is 0 Å². The smallest absolute Gasteiger partial charge is 0.244 e. The minimum absolute atomic E-state index is 0.411. The molecule has 1 aromatic rings. The average Bonchev–Trinajstić information content (AvgIpc) is 3.01. The third kappa shape index (κ3) is 2.23. The Morgan fingerprint density at radius 2 is 2.35 bits per heavy atom. The van der Waals surface area contributed by atoms with Gasteiger partial charge in [0.1, 0.15) is 0 Å². The number of aryl methyl sites for hydroxylation is 1. The largest absolute Gasteiger partial charge is 0.338 e. The van der Waals surface area contributed by atoms with E-state index in [4.69, 9.17) is 4.52 Å². The van der Waals surface area contributed by atoms with Crippen molar-refractivity contribution < 1.29 is 4.52 Å². The van der Waals surface area contributed by atoms with E-state index in [2.05, 4.69) is 28.9 Å². The van der Waals surface area contributed by atoms with Crippen molar-refractivity contribution in [2.75, 3.05) is 13.1 Å². The fraction of sp³-hybridized carbons (Fsp3) is 0.846. The van der Waals surface area contributed by atoms with Crippen LogP contribution >= 0.6 is 0 Å². The molecule has 2 aliphatic heterocycles. The van der Waals surface area contributed by atoms with Gasteiger partial charge in [-0.25, -0.2) is 0 Å². The van der Waals surface area contributed by atoms with Gasteiger partial charge in [-0.15, -0.1) is 0 Å². The van der Waals surface area contributed by atoms with Gasteiger partial charge in [-0.05, 0) is 37.6 Å². The van der Waals surface area contributed by atoms with Gasteiger partial charge in [0.25, 0.3) is 0 Å². The third-order valence-electron chi connectivity index (χ3n) is 4.03. The number of hydrogen-bond donors (Lipinski definition) is 0. The average molecular weight is 235 g/mol. The van der Waals surface area contributed by atoms with Crippen LogP contribution in [-0.4, -0.2) is 28.1 Å². The predicted molar refractivity (Wildman–Crippen MR) is 64.5 cm³/mol. The molecule has 0 N–H and O–H groups in total. The van der Waals surface area contributed by atoms with Crippen LogP contribution in [0, 0.1) is 11.8 Å². The Bertz CT molecular complexity index is 388. The molecule has 2 bridgehead atoms. The van der Waals surface area contributed by atoms with Crippen molar-refractivity contribution in [3.8, 4) is 0 Å². The summed E-state index contributed by atoms with van der Waals surface area (Å²) in [5.74, 6) is 3.30.